The molecule has 1 fully saturated rings. The topological polar surface area (TPSA) is 101 Å². The van der Waals surface area contributed by atoms with Gasteiger partial charge in [0.15, 0.2) is 0 Å². The largest absolute Gasteiger partial charge is 0.473 e. The number of carboxylic acid groups (broad SMARTS) is 2. The number of amides is 1. The molecule has 0 bridgehead atoms. The van der Waals surface area contributed by atoms with Crippen molar-refractivity contribution in [1.82, 2.24) is 4.90 Å². The van der Waals surface area contributed by atoms with Gasteiger partial charge >= 0.3 is 11.9 Å². The fourth-order valence-corrected chi connectivity index (χ4v) is 6.55. The number of aryl methyl sites for hydroxylation is 2. The monoisotopic (exact) mass is 585 g/mol. The summed E-state index contributed by atoms with van der Waals surface area (Å²) < 4.78 is 1.37. The van der Waals surface area contributed by atoms with Crippen LogP contribution >= 0.6 is 11.3 Å². The highest BCUT2D eigenvalue weighted by molar-refractivity contribution is 7.17. The van der Waals surface area contributed by atoms with Gasteiger partial charge in [0.25, 0.3) is 0 Å². The number of carbonyl (C=O) groups is 3. The Labute approximate surface area is 249 Å². The van der Waals surface area contributed by atoms with Crippen LogP contribution in [0.25, 0.3) is 10.1 Å². The number of unbranched alkanes of at least 4 members (excludes halogenated alkanes) is 1. The van der Waals surface area contributed by atoms with E-state index in [0.29, 0.717) is 6.42 Å². The number of hydrogen-bond acceptors (Lipinski definition) is 6. The first-order chi connectivity index (χ1) is 20.4. The average molecular weight is 586 g/mol. The molecular weight excluding hydrogens is 550 g/mol. The van der Waals surface area contributed by atoms with Crippen LogP contribution < -0.4 is 9.80 Å². The second-order valence-electron chi connectivity index (χ2n) is 10.5. The Balaban J connectivity index is 0.000000535. The second-order valence-corrected chi connectivity index (χ2v) is 11.4. The van der Waals surface area contributed by atoms with Gasteiger partial charge in [-0.15, -0.1) is 11.3 Å². The molecule has 0 saturated carbocycles. The lowest BCUT2D eigenvalue weighted by Gasteiger charge is -2.36. The zero-order chi connectivity index (χ0) is 29.5. The number of aliphatic carboxylic acids is 2. The smallest absolute Gasteiger partial charge is 0.414 e. The molecule has 0 spiro atoms. The number of para-hydroxylation sites is 2. The second kappa shape index (κ2) is 13.6. The molecule has 1 amide bonds. The lowest BCUT2D eigenvalue weighted by Crippen LogP contribution is -2.46. The number of carboxylic acids is 2. The molecule has 2 N–H and O–H groups in total. The summed E-state index contributed by atoms with van der Waals surface area (Å²) >= 11 is 1.82. The minimum atomic E-state index is -1.82. The van der Waals surface area contributed by atoms with Gasteiger partial charge in [-0.25, -0.2) is 9.59 Å². The molecule has 0 aliphatic carbocycles. The van der Waals surface area contributed by atoms with Gasteiger partial charge in [0.1, 0.15) is 0 Å². The van der Waals surface area contributed by atoms with Crippen molar-refractivity contribution in [2.75, 3.05) is 42.5 Å². The van der Waals surface area contributed by atoms with E-state index < -0.39 is 11.9 Å². The molecule has 4 aromatic rings. The average Bonchev–Trinajstić information content (AvgIpc) is 3.43. The van der Waals surface area contributed by atoms with E-state index in [-0.39, 0.29) is 5.91 Å². The summed E-state index contributed by atoms with van der Waals surface area (Å²) in [5.41, 5.74) is 6.02. The minimum Gasteiger partial charge on any atom is -0.473 e. The molecule has 2 aliphatic rings. The first-order valence-electron chi connectivity index (χ1n) is 14.3. The lowest BCUT2D eigenvalue weighted by molar-refractivity contribution is -0.159. The SMILES string of the molecule is O=C(CCCCN1CCN(c2cccc3sccc23)CC1)N1c2ccccc2CCc2ccccc21.O=C(O)C(=O)O. The molecule has 0 unspecified atom stereocenters. The van der Waals surface area contributed by atoms with E-state index in [9.17, 15) is 4.79 Å². The maximum atomic E-state index is 13.5. The molecule has 8 nitrogen and oxygen atoms in total. The zero-order valence-electron chi connectivity index (χ0n) is 23.4. The Morgan fingerprint density at radius 1 is 0.690 bits per heavy atom. The van der Waals surface area contributed by atoms with Crippen molar-refractivity contribution < 1.29 is 24.6 Å². The minimum absolute atomic E-state index is 0.213. The van der Waals surface area contributed by atoms with Gasteiger partial charge in [-0.3, -0.25) is 14.6 Å². The fourth-order valence-electron chi connectivity index (χ4n) is 5.74. The predicted molar refractivity (Wildman–Crippen MR) is 167 cm³/mol. The highest BCUT2D eigenvalue weighted by Crippen LogP contribution is 2.36. The number of nitrogens with zero attached hydrogens (tertiary/aromatic N) is 3. The van der Waals surface area contributed by atoms with Gasteiger partial charge < -0.3 is 15.1 Å². The molecular formula is C33H35N3O5S. The van der Waals surface area contributed by atoms with Crippen molar-refractivity contribution in [3.63, 3.8) is 0 Å². The number of rotatable bonds is 6. The summed E-state index contributed by atoms with van der Waals surface area (Å²) in [6.07, 6.45) is 4.52. The first-order valence-corrected chi connectivity index (χ1v) is 15.2. The van der Waals surface area contributed by atoms with E-state index in [2.05, 4.69) is 75.8 Å². The van der Waals surface area contributed by atoms with Crippen LogP contribution in [0.2, 0.25) is 0 Å². The Hall–Kier alpha value is -4.21. The van der Waals surface area contributed by atoms with Gasteiger partial charge in [0.05, 0.1) is 11.4 Å². The number of hydrogen-bond donors (Lipinski definition) is 2. The maximum absolute atomic E-state index is 13.5. The lowest BCUT2D eigenvalue weighted by atomic mass is 10.0. The predicted octanol–water partition coefficient (Wildman–Crippen LogP) is 5.81. The molecule has 42 heavy (non-hydrogen) atoms. The Bertz CT molecular complexity index is 1500. The van der Waals surface area contributed by atoms with E-state index in [1.165, 1.54) is 26.9 Å². The zero-order valence-corrected chi connectivity index (χ0v) is 24.3. The molecule has 218 valence electrons. The van der Waals surface area contributed by atoms with Gasteiger partial charge in [0, 0.05) is 48.4 Å². The van der Waals surface area contributed by atoms with E-state index in [1.54, 1.807) is 0 Å². The molecule has 3 heterocycles. The van der Waals surface area contributed by atoms with Gasteiger partial charge in [0.2, 0.25) is 5.91 Å². The number of anilines is 3. The summed E-state index contributed by atoms with van der Waals surface area (Å²) in [6.45, 7) is 5.37. The van der Waals surface area contributed by atoms with Gasteiger partial charge in [-0.05, 0) is 79.1 Å². The van der Waals surface area contributed by atoms with E-state index in [0.717, 1.165) is 69.8 Å². The number of thiophene rings is 1. The van der Waals surface area contributed by atoms with Gasteiger partial charge in [-0.2, -0.15) is 0 Å². The summed E-state index contributed by atoms with van der Waals surface area (Å²) in [5, 5.41) is 18.4. The van der Waals surface area contributed by atoms with E-state index in [4.69, 9.17) is 19.8 Å². The maximum Gasteiger partial charge on any atom is 0.414 e. The molecule has 1 saturated heterocycles. The number of fused-ring (bicyclic) bond motifs is 3. The molecule has 1 aromatic heterocycles. The van der Waals surface area contributed by atoms with Crippen LogP contribution in [0.15, 0.2) is 78.2 Å². The highest BCUT2D eigenvalue weighted by atomic mass is 32.1. The van der Waals surface area contributed by atoms with Crippen molar-refractivity contribution in [3.8, 4) is 0 Å². The van der Waals surface area contributed by atoms with Gasteiger partial charge in [-0.1, -0.05) is 42.5 Å². The van der Waals surface area contributed by atoms with Crippen LogP contribution in [0.4, 0.5) is 17.1 Å². The molecule has 0 radical (unpaired) electrons. The molecule has 9 heteroatoms. The van der Waals surface area contributed by atoms with Crippen LogP contribution in [-0.4, -0.2) is 65.7 Å². The Kier molecular flexibility index (Phi) is 9.51. The Morgan fingerprint density at radius 3 is 1.90 bits per heavy atom. The normalized spacial score (nSPS) is 14.8. The van der Waals surface area contributed by atoms with Crippen molar-refractivity contribution >= 4 is 56.3 Å². The van der Waals surface area contributed by atoms with Crippen molar-refractivity contribution in [3.05, 3.63) is 89.3 Å². The fraction of sp³-hybridized carbons (Fsp3) is 0.303. The van der Waals surface area contributed by atoms with Crippen LogP contribution in [0, 0.1) is 0 Å². The van der Waals surface area contributed by atoms with Crippen molar-refractivity contribution in [2.24, 2.45) is 0 Å². The number of piperazine rings is 1. The van der Waals surface area contributed by atoms with Crippen molar-refractivity contribution in [1.29, 1.82) is 0 Å². The van der Waals surface area contributed by atoms with Crippen LogP contribution in [0.5, 0.6) is 0 Å². The molecule has 2 aliphatic heterocycles. The standard InChI is InChI=1S/C31H33N3OS.C2H2O4/c35-31(34-27-10-3-1-8-24(27)15-16-25-9-2-4-11-28(25)34)14-5-6-18-32-19-21-33(22-20-32)29-12-7-13-30-26(29)17-23-36-30;3-1(4)2(5)6/h1-4,7-13,17,23H,5-6,14-16,18-22H2;(H,3,4)(H,5,6). The van der Waals surface area contributed by atoms with Crippen LogP contribution in [-0.2, 0) is 27.2 Å². The summed E-state index contributed by atoms with van der Waals surface area (Å²) in [6, 6.07) is 25.7. The van der Waals surface area contributed by atoms with Crippen LogP contribution in [0.3, 0.4) is 0 Å². The number of benzene rings is 3. The number of carbonyl (C=O) groups excluding carboxylic acids is 1. The van der Waals surface area contributed by atoms with Crippen LogP contribution in [0.1, 0.15) is 30.4 Å². The summed E-state index contributed by atoms with van der Waals surface area (Å²) in [7, 11) is 0. The van der Waals surface area contributed by atoms with Crippen molar-refractivity contribution in [2.45, 2.75) is 32.1 Å². The molecule has 0 atom stereocenters. The Morgan fingerprint density at radius 2 is 1.29 bits per heavy atom. The quantitative estimate of drug-likeness (QED) is 0.217. The first kappa shape index (κ1) is 29.3. The third kappa shape index (κ3) is 6.80. The van der Waals surface area contributed by atoms with E-state index >= 15 is 0 Å². The third-order valence-corrected chi connectivity index (χ3v) is 8.74. The molecule has 6 rings (SSSR count). The highest BCUT2D eigenvalue weighted by Gasteiger charge is 2.25. The molecule has 3 aromatic carbocycles. The third-order valence-electron chi connectivity index (χ3n) is 7.86. The van der Waals surface area contributed by atoms with E-state index in [1.807, 2.05) is 28.4 Å². The summed E-state index contributed by atoms with van der Waals surface area (Å²) in [4.78, 5) is 38.8. The summed E-state index contributed by atoms with van der Waals surface area (Å²) in [5.74, 6) is -3.43.